The van der Waals surface area contributed by atoms with Gasteiger partial charge in [-0.2, -0.15) is 0 Å². The van der Waals surface area contributed by atoms with Gasteiger partial charge in [0.1, 0.15) is 0 Å². The molecule has 1 aliphatic heterocycles. The number of amides is 1. The standard InChI is InChI=1S/C10H9ClN2OS/c11-8-1-3-9(4-2-8)13-6-5-12(7-14)10(13)15/h1-4,7H,5-6H2. The molecular weight excluding hydrogens is 232 g/mol. The van der Waals surface area contributed by atoms with Crippen molar-refractivity contribution in [2.24, 2.45) is 0 Å². The fourth-order valence-corrected chi connectivity index (χ4v) is 1.97. The molecule has 1 fully saturated rings. The molecule has 0 atom stereocenters. The Bertz CT molecular complexity index is 393. The first-order valence-corrected chi connectivity index (χ1v) is 5.30. The van der Waals surface area contributed by atoms with Crippen molar-refractivity contribution in [2.45, 2.75) is 0 Å². The lowest BCUT2D eigenvalue weighted by Crippen LogP contribution is -2.30. The Morgan fingerprint density at radius 1 is 1.27 bits per heavy atom. The minimum atomic E-state index is 0.548. The van der Waals surface area contributed by atoms with Gasteiger partial charge in [-0.3, -0.25) is 9.69 Å². The predicted octanol–water partition coefficient (Wildman–Crippen LogP) is 1.90. The van der Waals surface area contributed by atoms with Crippen LogP contribution in [0.1, 0.15) is 0 Å². The van der Waals surface area contributed by atoms with E-state index < -0.39 is 0 Å². The third kappa shape index (κ3) is 1.96. The minimum absolute atomic E-state index is 0.548. The third-order valence-corrected chi connectivity index (χ3v) is 3.01. The van der Waals surface area contributed by atoms with E-state index in [0.717, 1.165) is 18.6 Å². The molecule has 0 bridgehead atoms. The number of rotatable bonds is 2. The van der Waals surface area contributed by atoms with Crippen molar-refractivity contribution in [1.29, 1.82) is 0 Å². The molecule has 0 spiro atoms. The van der Waals surface area contributed by atoms with Gasteiger partial charge in [-0.15, -0.1) is 0 Å². The summed E-state index contributed by atoms with van der Waals surface area (Å²) in [6.07, 6.45) is 0.762. The molecule has 3 nitrogen and oxygen atoms in total. The summed E-state index contributed by atoms with van der Waals surface area (Å²) in [5.41, 5.74) is 0.966. The highest BCUT2D eigenvalue weighted by molar-refractivity contribution is 7.80. The van der Waals surface area contributed by atoms with Crippen molar-refractivity contribution in [3.8, 4) is 0 Å². The van der Waals surface area contributed by atoms with Gasteiger partial charge in [-0.25, -0.2) is 0 Å². The van der Waals surface area contributed by atoms with E-state index in [9.17, 15) is 4.79 Å². The van der Waals surface area contributed by atoms with Gasteiger partial charge in [0, 0.05) is 23.8 Å². The molecule has 1 aromatic rings. The molecule has 0 N–H and O–H groups in total. The summed E-state index contributed by atoms with van der Waals surface area (Å²) in [5.74, 6) is 0. The van der Waals surface area contributed by atoms with Crippen molar-refractivity contribution in [2.75, 3.05) is 18.0 Å². The van der Waals surface area contributed by atoms with E-state index in [0.29, 0.717) is 16.7 Å². The van der Waals surface area contributed by atoms with Crippen molar-refractivity contribution in [3.63, 3.8) is 0 Å². The van der Waals surface area contributed by atoms with Crippen LogP contribution in [0.5, 0.6) is 0 Å². The fourth-order valence-electron chi connectivity index (χ4n) is 1.51. The van der Waals surface area contributed by atoms with Crippen LogP contribution in [0.3, 0.4) is 0 Å². The highest BCUT2D eigenvalue weighted by Crippen LogP contribution is 2.21. The van der Waals surface area contributed by atoms with E-state index in [1.165, 1.54) is 4.90 Å². The molecule has 1 heterocycles. The van der Waals surface area contributed by atoms with Gasteiger partial charge in [0.2, 0.25) is 6.41 Å². The summed E-state index contributed by atoms with van der Waals surface area (Å²) >= 11 is 11.0. The van der Waals surface area contributed by atoms with Crippen LogP contribution in [0.4, 0.5) is 5.69 Å². The maximum absolute atomic E-state index is 10.6. The molecule has 1 aliphatic rings. The van der Waals surface area contributed by atoms with E-state index in [1.54, 1.807) is 0 Å². The van der Waals surface area contributed by atoms with E-state index in [-0.39, 0.29) is 0 Å². The predicted molar refractivity (Wildman–Crippen MR) is 64.2 cm³/mol. The monoisotopic (exact) mass is 240 g/mol. The number of hydrogen-bond donors (Lipinski definition) is 0. The molecule has 5 heteroatoms. The van der Waals surface area contributed by atoms with Crippen LogP contribution in [-0.2, 0) is 4.79 Å². The molecule has 78 valence electrons. The molecule has 2 rings (SSSR count). The Labute approximate surface area is 98.2 Å². The van der Waals surface area contributed by atoms with Crippen LogP contribution in [0.2, 0.25) is 5.02 Å². The Morgan fingerprint density at radius 3 is 2.47 bits per heavy atom. The lowest BCUT2D eigenvalue weighted by molar-refractivity contribution is -0.114. The highest BCUT2D eigenvalue weighted by atomic mass is 35.5. The summed E-state index contributed by atoms with van der Waals surface area (Å²) < 4.78 is 0. The molecule has 0 saturated carbocycles. The average Bonchev–Trinajstić information content (AvgIpc) is 2.61. The lowest BCUT2D eigenvalue weighted by Gasteiger charge is -2.18. The number of halogens is 1. The zero-order valence-corrected chi connectivity index (χ0v) is 9.46. The third-order valence-electron chi connectivity index (χ3n) is 2.31. The molecule has 1 amide bonds. The second-order valence-corrected chi connectivity index (χ2v) is 4.01. The number of benzene rings is 1. The van der Waals surface area contributed by atoms with Crippen LogP contribution in [0.25, 0.3) is 0 Å². The number of hydrogen-bond acceptors (Lipinski definition) is 2. The second-order valence-electron chi connectivity index (χ2n) is 3.21. The molecule has 1 aromatic carbocycles. The lowest BCUT2D eigenvalue weighted by atomic mass is 10.3. The maximum Gasteiger partial charge on any atom is 0.215 e. The van der Waals surface area contributed by atoms with Crippen molar-refractivity contribution >= 4 is 41.0 Å². The first kappa shape index (κ1) is 10.4. The summed E-state index contributed by atoms with van der Waals surface area (Å²) in [6.45, 7) is 1.38. The van der Waals surface area contributed by atoms with Gasteiger partial charge in [-0.1, -0.05) is 11.6 Å². The fraction of sp³-hybridized carbons (Fsp3) is 0.200. The Hall–Kier alpha value is -1.13. The largest absolute Gasteiger partial charge is 0.317 e. The Morgan fingerprint density at radius 2 is 1.93 bits per heavy atom. The number of nitrogens with zero attached hydrogens (tertiary/aromatic N) is 2. The van der Waals surface area contributed by atoms with Crippen LogP contribution >= 0.6 is 23.8 Å². The first-order valence-electron chi connectivity index (χ1n) is 4.51. The molecule has 1 saturated heterocycles. The zero-order chi connectivity index (χ0) is 10.8. The van der Waals surface area contributed by atoms with Crippen LogP contribution in [-0.4, -0.2) is 29.5 Å². The Kier molecular flexibility index (Phi) is 2.88. The highest BCUT2D eigenvalue weighted by Gasteiger charge is 2.25. The van der Waals surface area contributed by atoms with Crippen molar-refractivity contribution in [1.82, 2.24) is 4.90 Å². The van der Waals surface area contributed by atoms with Gasteiger partial charge >= 0.3 is 0 Å². The van der Waals surface area contributed by atoms with Gasteiger partial charge < -0.3 is 4.90 Å². The van der Waals surface area contributed by atoms with E-state index in [1.807, 2.05) is 29.2 Å². The van der Waals surface area contributed by atoms with E-state index >= 15 is 0 Å². The topological polar surface area (TPSA) is 23.6 Å². The molecule has 0 unspecified atom stereocenters. The van der Waals surface area contributed by atoms with E-state index in [2.05, 4.69) is 0 Å². The summed E-state index contributed by atoms with van der Waals surface area (Å²) in [4.78, 5) is 14.1. The van der Waals surface area contributed by atoms with Crippen molar-refractivity contribution < 1.29 is 4.79 Å². The van der Waals surface area contributed by atoms with Gasteiger partial charge in [0.15, 0.2) is 5.11 Å². The summed E-state index contributed by atoms with van der Waals surface area (Å²) in [7, 11) is 0. The van der Waals surface area contributed by atoms with Crippen LogP contribution < -0.4 is 4.90 Å². The molecule has 0 aliphatic carbocycles. The number of thiocarbonyl (C=S) groups is 1. The van der Waals surface area contributed by atoms with Gasteiger partial charge in [-0.05, 0) is 36.5 Å². The molecular formula is C10H9ClN2OS. The van der Waals surface area contributed by atoms with Crippen LogP contribution in [0.15, 0.2) is 24.3 Å². The average molecular weight is 241 g/mol. The quantitative estimate of drug-likeness (QED) is 0.583. The minimum Gasteiger partial charge on any atom is -0.317 e. The maximum atomic E-state index is 10.6. The molecule has 15 heavy (non-hydrogen) atoms. The molecule has 0 aromatic heterocycles. The smallest absolute Gasteiger partial charge is 0.215 e. The zero-order valence-electron chi connectivity index (χ0n) is 7.89. The van der Waals surface area contributed by atoms with Gasteiger partial charge in [0.25, 0.3) is 0 Å². The van der Waals surface area contributed by atoms with E-state index in [4.69, 9.17) is 23.8 Å². The molecule has 0 radical (unpaired) electrons. The SMILES string of the molecule is O=CN1CCN(c2ccc(Cl)cc2)C1=S. The Balaban J connectivity index is 2.22. The normalized spacial score (nSPS) is 15.9. The van der Waals surface area contributed by atoms with Crippen molar-refractivity contribution in [3.05, 3.63) is 29.3 Å². The summed E-state index contributed by atoms with van der Waals surface area (Å²) in [5, 5.41) is 1.24. The summed E-state index contributed by atoms with van der Waals surface area (Å²) in [6, 6.07) is 7.40. The van der Waals surface area contributed by atoms with Gasteiger partial charge in [0.05, 0.1) is 0 Å². The van der Waals surface area contributed by atoms with Crippen LogP contribution in [0, 0.1) is 0 Å². The number of anilines is 1. The second kappa shape index (κ2) is 4.16. The number of carbonyl (C=O) groups is 1. The number of carbonyl (C=O) groups excluding carboxylic acids is 1. The first-order chi connectivity index (χ1) is 7.22.